The smallest absolute Gasteiger partial charge is 0.342 e. The van der Waals surface area contributed by atoms with Crippen molar-refractivity contribution in [2.45, 2.75) is 5.03 Å². The standard InChI is InChI=1S/C12H11N5O4S/c18-8-4-2-1-3-7(8)5-13-15-9(19)6-22-11-10(20)14-12(21)17-16-11/h1-5,18H,6H2,(H,15,19)(H2,14,17,20,21)/b13-5+. The van der Waals surface area contributed by atoms with Crippen LogP contribution in [0.3, 0.4) is 0 Å². The molecular formula is C12H11N5O4S. The molecule has 1 heterocycles. The number of hydrogen-bond donors (Lipinski definition) is 4. The zero-order valence-electron chi connectivity index (χ0n) is 11.1. The van der Waals surface area contributed by atoms with E-state index in [-0.39, 0.29) is 16.5 Å². The molecule has 22 heavy (non-hydrogen) atoms. The van der Waals surface area contributed by atoms with Crippen LogP contribution in [0.1, 0.15) is 5.56 Å². The lowest BCUT2D eigenvalue weighted by Crippen LogP contribution is -2.26. The molecule has 1 aromatic heterocycles. The van der Waals surface area contributed by atoms with Crippen molar-refractivity contribution in [3.05, 3.63) is 50.7 Å². The molecule has 2 rings (SSSR count). The summed E-state index contributed by atoms with van der Waals surface area (Å²) in [7, 11) is 0. The Morgan fingerprint density at radius 3 is 2.91 bits per heavy atom. The van der Waals surface area contributed by atoms with Crippen LogP contribution in [-0.4, -0.2) is 38.2 Å². The molecule has 9 nitrogen and oxygen atoms in total. The fourth-order valence-corrected chi connectivity index (χ4v) is 2.00. The van der Waals surface area contributed by atoms with E-state index in [4.69, 9.17) is 0 Å². The van der Waals surface area contributed by atoms with Crippen LogP contribution < -0.4 is 16.7 Å². The van der Waals surface area contributed by atoms with Crippen molar-refractivity contribution in [3.8, 4) is 5.75 Å². The molecule has 0 aliphatic heterocycles. The molecule has 0 unspecified atom stereocenters. The van der Waals surface area contributed by atoms with Crippen LogP contribution in [0.25, 0.3) is 0 Å². The van der Waals surface area contributed by atoms with E-state index in [1.807, 2.05) is 4.98 Å². The van der Waals surface area contributed by atoms with Gasteiger partial charge in [0.25, 0.3) is 5.56 Å². The highest BCUT2D eigenvalue weighted by Crippen LogP contribution is 2.12. The van der Waals surface area contributed by atoms with E-state index in [9.17, 15) is 19.5 Å². The van der Waals surface area contributed by atoms with Gasteiger partial charge < -0.3 is 5.11 Å². The topological polar surface area (TPSA) is 140 Å². The predicted molar refractivity (Wildman–Crippen MR) is 80.0 cm³/mol. The highest BCUT2D eigenvalue weighted by Gasteiger charge is 2.07. The Bertz CT molecular complexity index is 813. The minimum atomic E-state index is -0.717. The van der Waals surface area contributed by atoms with Gasteiger partial charge in [0.2, 0.25) is 5.91 Å². The van der Waals surface area contributed by atoms with Crippen LogP contribution in [0, 0.1) is 0 Å². The maximum Gasteiger partial charge on any atom is 0.342 e. The number of para-hydroxylation sites is 1. The fourth-order valence-electron chi connectivity index (χ4n) is 1.37. The number of H-pyrrole nitrogens is 2. The van der Waals surface area contributed by atoms with Crippen LogP contribution in [-0.2, 0) is 4.79 Å². The third-order valence-corrected chi connectivity index (χ3v) is 3.31. The normalized spacial score (nSPS) is 10.7. The highest BCUT2D eigenvalue weighted by atomic mass is 32.2. The first-order valence-corrected chi connectivity index (χ1v) is 6.96. The van der Waals surface area contributed by atoms with Crippen molar-refractivity contribution in [3.63, 3.8) is 0 Å². The van der Waals surface area contributed by atoms with E-state index in [1.165, 1.54) is 12.3 Å². The molecule has 114 valence electrons. The number of phenols is 1. The van der Waals surface area contributed by atoms with Crippen LogP contribution >= 0.6 is 11.8 Å². The predicted octanol–water partition coefficient (Wildman–Crippen LogP) is -0.594. The van der Waals surface area contributed by atoms with Gasteiger partial charge in [-0.2, -0.15) is 10.2 Å². The molecule has 0 aliphatic rings. The summed E-state index contributed by atoms with van der Waals surface area (Å²) in [6.45, 7) is 0. The number of rotatable bonds is 5. The Hall–Kier alpha value is -2.88. The number of aromatic hydroxyl groups is 1. The SMILES string of the molecule is O=C(CSc1n[nH]c(=O)[nH]c1=O)N/N=C/c1ccccc1O. The van der Waals surface area contributed by atoms with Crippen LogP contribution in [0.2, 0.25) is 0 Å². The minimum Gasteiger partial charge on any atom is -0.507 e. The molecule has 10 heteroatoms. The molecule has 0 atom stereocenters. The molecule has 2 aromatic rings. The second kappa shape index (κ2) is 7.22. The molecule has 4 N–H and O–H groups in total. The van der Waals surface area contributed by atoms with Crippen LogP contribution in [0.5, 0.6) is 5.75 Å². The number of carbonyl (C=O) groups is 1. The van der Waals surface area contributed by atoms with Crippen molar-refractivity contribution < 1.29 is 9.90 Å². The summed E-state index contributed by atoms with van der Waals surface area (Å²) in [6, 6.07) is 6.50. The first-order valence-electron chi connectivity index (χ1n) is 5.98. The summed E-state index contributed by atoms with van der Waals surface area (Å²) in [5, 5.41) is 18.7. The van der Waals surface area contributed by atoms with Crippen molar-refractivity contribution in [1.82, 2.24) is 20.6 Å². The number of nitrogens with zero attached hydrogens (tertiary/aromatic N) is 2. The summed E-state index contributed by atoms with van der Waals surface area (Å²) in [5.41, 5.74) is 1.32. The largest absolute Gasteiger partial charge is 0.507 e. The van der Waals surface area contributed by atoms with E-state index in [0.717, 1.165) is 11.8 Å². The van der Waals surface area contributed by atoms with Crippen molar-refractivity contribution in [1.29, 1.82) is 0 Å². The van der Waals surface area contributed by atoms with Gasteiger partial charge in [0.05, 0.1) is 12.0 Å². The highest BCUT2D eigenvalue weighted by molar-refractivity contribution is 7.99. The average molecular weight is 321 g/mol. The number of aromatic nitrogens is 3. The van der Waals surface area contributed by atoms with Gasteiger partial charge >= 0.3 is 5.69 Å². The number of phenolic OH excluding ortho intramolecular Hbond substituents is 1. The molecule has 0 radical (unpaired) electrons. The van der Waals surface area contributed by atoms with Crippen molar-refractivity contribution in [2.75, 3.05) is 5.75 Å². The average Bonchev–Trinajstić information content (AvgIpc) is 2.48. The molecular weight excluding hydrogens is 310 g/mol. The van der Waals surface area contributed by atoms with Gasteiger partial charge in [-0.1, -0.05) is 23.9 Å². The Labute approximate surface area is 127 Å². The number of benzene rings is 1. The number of carbonyl (C=O) groups excluding carboxylic acids is 1. The summed E-state index contributed by atoms with van der Waals surface area (Å²) in [6.07, 6.45) is 1.29. The minimum absolute atomic E-state index is 0.0283. The molecule has 0 bridgehead atoms. The van der Waals surface area contributed by atoms with Crippen LogP contribution in [0.15, 0.2) is 44.0 Å². The van der Waals surface area contributed by atoms with Crippen LogP contribution in [0.4, 0.5) is 0 Å². The van der Waals surface area contributed by atoms with Gasteiger partial charge in [0, 0.05) is 5.56 Å². The van der Waals surface area contributed by atoms with E-state index in [0.29, 0.717) is 5.56 Å². The third-order valence-electron chi connectivity index (χ3n) is 2.35. The lowest BCUT2D eigenvalue weighted by molar-refractivity contribution is -0.118. The zero-order valence-corrected chi connectivity index (χ0v) is 11.9. The fraction of sp³-hybridized carbons (Fsp3) is 0.0833. The van der Waals surface area contributed by atoms with Crippen molar-refractivity contribution in [2.24, 2.45) is 5.10 Å². The van der Waals surface area contributed by atoms with Gasteiger partial charge in [-0.3, -0.25) is 14.6 Å². The number of hydrogen-bond acceptors (Lipinski definition) is 7. The zero-order chi connectivity index (χ0) is 15.9. The Morgan fingerprint density at radius 1 is 1.41 bits per heavy atom. The first kappa shape index (κ1) is 15.5. The van der Waals surface area contributed by atoms with Gasteiger partial charge in [-0.25, -0.2) is 15.3 Å². The Balaban J connectivity index is 1.87. The number of aromatic amines is 2. The lowest BCUT2D eigenvalue weighted by atomic mass is 10.2. The number of nitrogens with one attached hydrogen (secondary N) is 3. The van der Waals surface area contributed by atoms with Gasteiger partial charge in [0.15, 0.2) is 5.03 Å². The second-order valence-corrected chi connectivity index (χ2v) is 4.92. The van der Waals surface area contributed by atoms with E-state index < -0.39 is 17.2 Å². The van der Waals surface area contributed by atoms with Gasteiger partial charge in [-0.05, 0) is 12.1 Å². The quantitative estimate of drug-likeness (QED) is 0.329. The number of hydrazone groups is 1. The third kappa shape index (κ3) is 4.31. The summed E-state index contributed by atoms with van der Waals surface area (Å²) in [4.78, 5) is 35.7. The van der Waals surface area contributed by atoms with Gasteiger partial charge in [-0.15, -0.1) is 0 Å². The second-order valence-electron chi connectivity index (χ2n) is 3.95. The van der Waals surface area contributed by atoms with E-state index in [2.05, 4.69) is 20.7 Å². The van der Waals surface area contributed by atoms with E-state index >= 15 is 0 Å². The summed E-state index contributed by atoms with van der Waals surface area (Å²) < 4.78 is 0. The monoisotopic (exact) mass is 321 g/mol. The Kier molecular flexibility index (Phi) is 5.09. The number of amides is 1. The maximum atomic E-state index is 11.5. The summed E-state index contributed by atoms with van der Waals surface area (Å²) in [5.74, 6) is -0.539. The first-order chi connectivity index (χ1) is 10.6. The maximum absolute atomic E-state index is 11.5. The molecule has 0 aliphatic carbocycles. The molecule has 1 amide bonds. The van der Waals surface area contributed by atoms with Crippen molar-refractivity contribution >= 4 is 23.9 Å². The Morgan fingerprint density at radius 2 is 2.18 bits per heavy atom. The molecule has 0 saturated heterocycles. The molecule has 0 fully saturated rings. The molecule has 0 spiro atoms. The lowest BCUT2D eigenvalue weighted by Gasteiger charge is -1.99. The van der Waals surface area contributed by atoms with Gasteiger partial charge in [0.1, 0.15) is 5.75 Å². The van der Waals surface area contributed by atoms with E-state index in [1.54, 1.807) is 18.2 Å². The molecule has 1 aromatic carbocycles. The molecule has 0 saturated carbocycles. The number of thioether (sulfide) groups is 1. The summed E-state index contributed by atoms with van der Waals surface area (Å²) >= 11 is 0.853.